The third-order valence-corrected chi connectivity index (χ3v) is 3.74. The molecule has 0 aromatic heterocycles. The third-order valence-electron chi connectivity index (χ3n) is 3.74. The van der Waals surface area contributed by atoms with Crippen LogP contribution in [0.2, 0.25) is 0 Å². The van der Waals surface area contributed by atoms with Crippen LogP contribution >= 0.6 is 0 Å². The van der Waals surface area contributed by atoms with Crippen LogP contribution in [-0.4, -0.2) is 0 Å². The summed E-state index contributed by atoms with van der Waals surface area (Å²) in [6.07, 6.45) is 4.88. The smallest absolute Gasteiger partial charge is 0.000779 e. The first-order valence-electron chi connectivity index (χ1n) is 6.54. The van der Waals surface area contributed by atoms with Gasteiger partial charge in [-0.15, -0.1) is 0 Å². The molecule has 0 N–H and O–H groups in total. The first kappa shape index (κ1) is 10.6. The standard InChI is InChI=1S/C17H18/c1-3-6-14-11-12(2)17-15-8-5-4-7-13(15)9-10-16(14)17/h4-5,7-12H,3,6H2,1-2H3. The van der Waals surface area contributed by atoms with Crippen LogP contribution in [0, 0.1) is 0 Å². The minimum Gasteiger partial charge on any atom is -0.0734 e. The molecule has 1 unspecified atom stereocenters. The largest absolute Gasteiger partial charge is 0.0734 e. The molecule has 0 saturated heterocycles. The van der Waals surface area contributed by atoms with Crippen molar-refractivity contribution in [1.82, 2.24) is 0 Å². The number of allylic oxidation sites excluding steroid dienone is 2. The molecule has 0 radical (unpaired) electrons. The lowest BCUT2D eigenvalue weighted by Crippen LogP contribution is -1.90. The lowest BCUT2D eigenvalue weighted by Gasteiger charge is -2.10. The maximum Gasteiger partial charge on any atom is 0.000779 e. The molecule has 86 valence electrons. The van der Waals surface area contributed by atoms with E-state index in [9.17, 15) is 0 Å². The molecule has 0 spiro atoms. The first-order valence-corrected chi connectivity index (χ1v) is 6.54. The van der Waals surface area contributed by atoms with Gasteiger partial charge in [0.1, 0.15) is 0 Å². The van der Waals surface area contributed by atoms with Crippen LogP contribution < -0.4 is 0 Å². The Hall–Kier alpha value is -1.56. The van der Waals surface area contributed by atoms with E-state index >= 15 is 0 Å². The Bertz CT molecular complexity index is 590. The quantitative estimate of drug-likeness (QED) is 0.660. The van der Waals surface area contributed by atoms with Gasteiger partial charge in [0, 0.05) is 5.92 Å². The fourth-order valence-corrected chi connectivity index (χ4v) is 3.03. The van der Waals surface area contributed by atoms with Gasteiger partial charge in [-0.25, -0.2) is 0 Å². The molecule has 0 bridgehead atoms. The number of benzene rings is 2. The van der Waals surface area contributed by atoms with Gasteiger partial charge in [-0.2, -0.15) is 0 Å². The lowest BCUT2D eigenvalue weighted by atomic mass is 9.94. The van der Waals surface area contributed by atoms with E-state index in [-0.39, 0.29) is 0 Å². The molecule has 0 fully saturated rings. The van der Waals surface area contributed by atoms with Crippen LogP contribution in [0.25, 0.3) is 16.3 Å². The summed E-state index contributed by atoms with van der Waals surface area (Å²) in [5.41, 5.74) is 4.56. The Morgan fingerprint density at radius 1 is 1.06 bits per heavy atom. The zero-order valence-corrected chi connectivity index (χ0v) is 10.5. The summed E-state index contributed by atoms with van der Waals surface area (Å²) >= 11 is 0. The van der Waals surface area contributed by atoms with Crippen LogP contribution in [0.15, 0.2) is 42.5 Å². The molecule has 0 saturated carbocycles. The van der Waals surface area contributed by atoms with E-state index in [0.29, 0.717) is 5.92 Å². The van der Waals surface area contributed by atoms with E-state index in [1.807, 2.05) is 0 Å². The lowest BCUT2D eigenvalue weighted by molar-refractivity contribution is 0.970. The van der Waals surface area contributed by atoms with Gasteiger partial charge in [-0.3, -0.25) is 0 Å². The highest BCUT2D eigenvalue weighted by Gasteiger charge is 2.21. The highest BCUT2D eigenvalue weighted by Crippen LogP contribution is 2.41. The Balaban J connectivity index is 2.24. The zero-order chi connectivity index (χ0) is 11.8. The van der Waals surface area contributed by atoms with Crippen molar-refractivity contribution in [3.63, 3.8) is 0 Å². The van der Waals surface area contributed by atoms with Crippen molar-refractivity contribution in [2.24, 2.45) is 0 Å². The van der Waals surface area contributed by atoms with Crippen LogP contribution in [0.3, 0.4) is 0 Å². The highest BCUT2D eigenvalue weighted by atomic mass is 14.2. The molecule has 17 heavy (non-hydrogen) atoms. The van der Waals surface area contributed by atoms with Crippen molar-refractivity contribution in [3.05, 3.63) is 53.6 Å². The van der Waals surface area contributed by atoms with Gasteiger partial charge in [0.25, 0.3) is 0 Å². The predicted molar refractivity (Wildman–Crippen MR) is 75.2 cm³/mol. The summed E-state index contributed by atoms with van der Waals surface area (Å²) < 4.78 is 0. The molecular weight excluding hydrogens is 204 g/mol. The average Bonchev–Trinajstić information content (AvgIpc) is 2.67. The molecule has 0 aliphatic heterocycles. The second kappa shape index (κ2) is 4.03. The van der Waals surface area contributed by atoms with Gasteiger partial charge in [0.15, 0.2) is 0 Å². The van der Waals surface area contributed by atoms with E-state index < -0.39 is 0 Å². The summed E-state index contributed by atoms with van der Waals surface area (Å²) in [7, 11) is 0. The Labute approximate surface area is 103 Å². The van der Waals surface area contributed by atoms with Crippen molar-refractivity contribution >= 4 is 16.3 Å². The first-order chi connectivity index (χ1) is 8.31. The maximum atomic E-state index is 2.45. The van der Waals surface area contributed by atoms with Crippen LogP contribution in [-0.2, 0) is 0 Å². The molecule has 0 nitrogen and oxygen atoms in total. The molecule has 2 aromatic carbocycles. The normalized spacial score (nSPS) is 18.2. The Morgan fingerprint density at radius 2 is 1.88 bits per heavy atom. The van der Waals surface area contributed by atoms with E-state index in [4.69, 9.17) is 0 Å². The summed E-state index contributed by atoms with van der Waals surface area (Å²) in [5, 5.41) is 2.80. The number of hydrogen-bond donors (Lipinski definition) is 0. The van der Waals surface area contributed by atoms with Crippen LogP contribution in [0.4, 0.5) is 0 Å². The second-order valence-corrected chi connectivity index (χ2v) is 4.98. The maximum absolute atomic E-state index is 2.45. The van der Waals surface area contributed by atoms with E-state index in [1.165, 1.54) is 34.7 Å². The summed E-state index contributed by atoms with van der Waals surface area (Å²) in [4.78, 5) is 0. The number of hydrogen-bond acceptors (Lipinski definition) is 0. The topological polar surface area (TPSA) is 0 Å². The van der Waals surface area contributed by atoms with E-state index in [1.54, 1.807) is 5.57 Å². The van der Waals surface area contributed by atoms with Crippen molar-refractivity contribution < 1.29 is 0 Å². The summed E-state index contributed by atoms with van der Waals surface area (Å²) in [5.74, 6) is 0.567. The van der Waals surface area contributed by atoms with Gasteiger partial charge in [0.2, 0.25) is 0 Å². The Kier molecular flexibility index (Phi) is 2.51. The van der Waals surface area contributed by atoms with Crippen LogP contribution in [0.1, 0.15) is 43.7 Å². The van der Waals surface area contributed by atoms with E-state index in [2.05, 4.69) is 56.3 Å². The second-order valence-electron chi connectivity index (χ2n) is 4.98. The molecule has 0 heteroatoms. The molecule has 1 aliphatic carbocycles. The van der Waals surface area contributed by atoms with Crippen molar-refractivity contribution in [1.29, 1.82) is 0 Å². The fraction of sp³-hybridized carbons (Fsp3) is 0.294. The van der Waals surface area contributed by atoms with Gasteiger partial charge in [-0.05, 0) is 33.9 Å². The number of fused-ring (bicyclic) bond motifs is 3. The molecule has 2 aromatic rings. The summed E-state index contributed by atoms with van der Waals surface area (Å²) in [6.45, 7) is 4.57. The van der Waals surface area contributed by atoms with Gasteiger partial charge < -0.3 is 0 Å². The number of rotatable bonds is 2. The van der Waals surface area contributed by atoms with Crippen molar-refractivity contribution in [2.45, 2.75) is 32.6 Å². The van der Waals surface area contributed by atoms with Crippen LogP contribution in [0.5, 0.6) is 0 Å². The average molecular weight is 222 g/mol. The molecule has 1 aliphatic rings. The SMILES string of the molecule is CCCC1=CC(C)c2c1ccc1ccccc21. The fourth-order valence-electron chi connectivity index (χ4n) is 3.03. The van der Waals surface area contributed by atoms with Crippen molar-refractivity contribution in [2.75, 3.05) is 0 Å². The van der Waals surface area contributed by atoms with Gasteiger partial charge in [0.05, 0.1) is 0 Å². The molecule has 0 amide bonds. The van der Waals surface area contributed by atoms with Gasteiger partial charge in [-0.1, -0.05) is 62.7 Å². The molecule has 0 heterocycles. The summed E-state index contributed by atoms with van der Waals surface area (Å²) in [6, 6.07) is 13.3. The predicted octanol–water partition coefficient (Wildman–Crippen LogP) is 5.14. The zero-order valence-electron chi connectivity index (χ0n) is 10.5. The molecule has 3 rings (SSSR count). The third kappa shape index (κ3) is 1.59. The van der Waals surface area contributed by atoms with Crippen molar-refractivity contribution in [3.8, 4) is 0 Å². The minimum atomic E-state index is 0.567. The van der Waals surface area contributed by atoms with E-state index in [0.717, 1.165) is 0 Å². The monoisotopic (exact) mass is 222 g/mol. The minimum absolute atomic E-state index is 0.567. The molecule has 1 atom stereocenters. The van der Waals surface area contributed by atoms with Gasteiger partial charge >= 0.3 is 0 Å². The molecular formula is C17H18. The highest BCUT2D eigenvalue weighted by molar-refractivity contribution is 5.93. The Morgan fingerprint density at radius 3 is 2.71 bits per heavy atom.